The fraction of sp³-hybridized carbons (Fsp3) is 0.138. The van der Waals surface area contributed by atoms with E-state index in [4.69, 9.17) is 4.74 Å². The number of hydrogen-bond acceptors (Lipinski definition) is 4. The van der Waals surface area contributed by atoms with E-state index in [9.17, 15) is 13.2 Å². The van der Waals surface area contributed by atoms with Crippen LogP contribution in [-0.4, -0.2) is 31.8 Å². The van der Waals surface area contributed by atoms with Gasteiger partial charge in [-0.1, -0.05) is 119 Å². The van der Waals surface area contributed by atoms with Crippen LogP contribution in [0.25, 0.3) is 5.57 Å². The molecule has 0 aliphatic heterocycles. The molecule has 0 bridgehead atoms. The maximum Gasteiger partial charge on any atom is 0.331 e. The van der Waals surface area contributed by atoms with Crippen LogP contribution < -0.4 is 0 Å². The Balaban J connectivity index is 1.81. The summed E-state index contributed by atoms with van der Waals surface area (Å²) in [6.45, 7) is 2.46. The molecule has 0 amide bonds. The van der Waals surface area contributed by atoms with Crippen molar-refractivity contribution >= 4 is 44.2 Å². The molecular weight excluding hydrogens is 585 g/mol. The van der Waals surface area contributed by atoms with Crippen LogP contribution in [0.4, 0.5) is 0 Å². The smallest absolute Gasteiger partial charge is 0.331 e. The monoisotopic (exact) mass is 613 g/mol. The second kappa shape index (κ2) is 13.9. The molecule has 0 saturated carbocycles. The Kier molecular flexibility index (Phi) is 10.7. The molecule has 3 rings (SSSR count). The number of carbonyl (C=O) groups excluding carboxylic acids is 1. The quantitative estimate of drug-likeness (QED) is 0.110. The van der Waals surface area contributed by atoms with Gasteiger partial charge in [-0.05, 0) is 39.8 Å². The number of allylic oxidation sites excluding steroid dienone is 2. The summed E-state index contributed by atoms with van der Waals surface area (Å²) in [6, 6.07) is 25.7. The highest BCUT2D eigenvalue weighted by molar-refractivity contribution is 14.1. The van der Waals surface area contributed by atoms with Crippen LogP contribution in [0.2, 0.25) is 0 Å². The van der Waals surface area contributed by atoms with E-state index in [1.165, 1.54) is 10.4 Å². The van der Waals surface area contributed by atoms with Gasteiger partial charge in [0.15, 0.2) is 0 Å². The Labute approximate surface area is 227 Å². The first-order valence-electron chi connectivity index (χ1n) is 11.4. The van der Waals surface area contributed by atoms with Crippen molar-refractivity contribution in [2.24, 2.45) is 0 Å². The average molecular weight is 614 g/mol. The lowest BCUT2D eigenvalue weighted by Gasteiger charge is -2.19. The van der Waals surface area contributed by atoms with Crippen molar-refractivity contribution in [1.29, 1.82) is 0 Å². The topological polar surface area (TPSA) is 63.7 Å². The van der Waals surface area contributed by atoms with Crippen LogP contribution >= 0.6 is 22.6 Å². The number of aryl methyl sites for hydroxylation is 1. The maximum absolute atomic E-state index is 13.3. The van der Waals surface area contributed by atoms with E-state index >= 15 is 0 Å². The number of halogens is 1. The second-order valence-corrected chi connectivity index (χ2v) is 10.6. The van der Waals surface area contributed by atoms with Crippen LogP contribution in [0.1, 0.15) is 16.7 Å². The highest BCUT2D eigenvalue weighted by Crippen LogP contribution is 2.19. The molecule has 186 valence electrons. The van der Waals surface area contributed by atoms with Crippen molar-refractivity contribution in [3.05, 3.63) is 130 Å². The van der Waals surface area contributed by atoms with Gasteiger partial charge in [-0.2, -0.15) is 4.31 Å². The average Bonchev–Trinajstić information content (AvgIpc) is 2.90. The van der Waals surface area contributed by atoms with E-state index in [1.807, 2.05) is 67.6 Å². The zero-order chi connectivity index (χ0) is 25.8. The molecular formula is C29H28INO4S. The van der Waals surface area contributed by atoms with Gasteiger partial charge in [-0.25, -0.2) is 13.2 Å². The molecule has 0 aliphatic carbocycles. The minimum atomic E-state index is -3.70. The Bertz CT molecular complexity index is 1320. The van der Waals surface area contributed by atoms with Gasteiger partial charge in [0.25, 0.3) is 0 Å². The van der Waals surface area contributed by atoms with Crippen molar-refractivity contribution in [3.63, 3.8) is 0 Å². The molecule has 0 aromatic heterocycles. The molecule has 36 heavy (non-hydrogen) atoms. The number of benzene rings is 3. The first-order valence-corrected chi connectivity index (χ1v) is 14.0. The number of carbonyl (C=O) groups is 1. The predicted molar refractivity (Wildman–Crippen MR) is 153 cm³/mol. The van der Waals surface area contributed by atoms with E-state index < -0.39 is 16.0 Å². The molecule has 0 fully saturated rings. The third-order valence-corrected chi connectivity index (χ3v) is 7.62. The van der Waals surface area contributed by atoms with Crippen molar-refractivity contribution in [2.45, 2.75) is 18.4 Å². The second-order valence-electron chi connectivity index (χ2n) is 7.96. The van der Waals surface area contributed by atoms with Crippen LogP contribution in [0.5, 0.6) is 0 Å². The Morgan fingerprint density at radius 1 is 0.889 bits per heavy atom. The Hall–Kier alpha value is -3.01. The van der Waals surface area contributed by atoms with Gasteiger partial charge in [-0.15, -0.1) is 0 Å². The third-order valence-electron chi connectivity index (χ3n) is 5.27. The normalized spacial score (nSPS) is 12.5. The van der Waals surface area contributed by atoms with Crippen molar-refractivity contribution in [2.75, 3.05) is 13.1 Å². The lowest BCUT2D eigenvalue weighted by molar-refractivity contribution is -0.138. The SMILES string of the molecule is Cc1ccc(S(=O)(=O)N(C/C=C\I)C/C=C/C(=C\C(=O)OCc2ccccc2)c2ccccc2)cc1. The minimum Gasteiger partial charge on any atom is -0.458 e. The number of esters is 1. The zero-order valence-corrected chi connectivity index (χ0v) is 22.9. The summed E-state index contributed by atoms with van der Waals surface area (Å²) >= 11 is 2.07. The van der Waals surface area contributed by atoms with Gasteiger partial charge < -0.3 is 4.74 Å². The van der Waals surface area contributed by atoms with Crippen molar-refractivity contribution in [1.82, 2.24) is 4.31 Å². The molecule has 0 saturated heterocycles. The molecule has 0 radical (unpaired) electrons. The number of sulfonamides is 1. The van der Waals surface area contributed by atoms with Crippen molar-refractivity contribution in [3.8, 4) is 0 Å². The molecule has 0 N–H and O–H groups in total. The summed E-state index contributed by atoms with van der Waals surface area (Å²) in [5.41, 5.74) is 3.34. The summed E-state index contributed by atoms with van der Waals surface area (Å²) in [6.07, 6.45) is 6.72. The van der Waals surface area contributed by atoms with Crippen LogP contribution in [-0.2, 0) is 26.2 Å². The molecule has 3 aromatic carbocycles. The number of rotatable bonds is 11. The zero-order valence-electron chi connectivity index (χ0n) is 20.0. The fourth-order valence-electron chi connectivity index (χ4n) is 3.34. The largest absolute Gasteiger partial charge is 0.458 e. The molecule has 7 heteroatoms. The highest BCUT2D eigenvalue weighted by Gasteiger charge is 2.22. The highest BCUT2D eigenvalue weighted by atomic mass is 127. The molecule has 5 nitrogen and oxygen atoms in total. The minimum absolute atomic E-state index is 0.139. The van der Waals surface area contributed by atoms with Crippen LogP contribution in [0.3, 0.4) is 0 Å². The van der Waals surface area contributed by atoms with E-state index in [0.717, 1.165) is 16.7 Å². The van der Waals surface area contributed by atoms with Gasteiger partial charge in [0.1, 0.15) is 6.61 Å². The van der Waals surface area contributed by atoms with E-state index in [1.54, 1.807) is 46.6 Å². The Morgan fingerprint density at radius 3 is 2.14 bits per heavy atom. The lowest BCUT2D eigenvalue weighted by Crippen LogP contribution is -2.31. The molecule has 0 heterocycles. The Morgan fingerprint density at radius 2 is 1.50 bits per heavy atom. The molecule has 0 aliphatic rings. The number of ether oxygens (including phenoxy) is 1. The van der Waals surface area contributed by atoms with Gasteiger partial charge in [0.05, 0.1) is 4.90 Å². The van der Waals surface area contributed by atoms with E-state index in [2.05, 4.69) is 22.6 Å². The third kappa shape index (κ3) is 8.29. The van der Waals surface area contributed by atoms with E-state index in [-0.39, 0.29) is 24.6 Å². The lowest BCUT2D eigenvalue weighted by atomic mass is 10.1. The van der Waals surface area contributed by atoms with Gasteiger partial charge in [0.2, 0.25) is 10.0 Å². The van der Waals surface area contributed by atoms with Crippen LogP contribution in [0, 0.1) is 6.92 Å². The molecule has 0 spiro atoms. The summed E-state index contributed by atoms with van der Waals surface area (Å²) in [5.74, 6) is -0.473. The first-order chi connectivity index (χ1) is 17.4. The standard InChI is InChI=1S/C29H28INO4S/c1-24-15-17-28(18-16-24)36(33,34)31(21-9-19-30)20-8-14-27(26-12-6-3-7-13-26)22-29(32)35-23-25-10-4-2-5-11-25/h2-19,22H,20-21,23H2,1H3/b14-8+,19-9-,27-22+. The van der Waals surface area contributed by atoms with Crippen molar-refractivity contribution < 1.29 is 17.9 Å². The summed E-state index contributed by atoms with van der Waals surface area (Å²) < 4.78 is 35.1. The molecule has 0 unspecified atom stereocenters. The maximum atomic E-state index is 13.3. The summed E-state index contributed by atoms with van der Waals surface area (Å²) in [4.78, 5) is 12.8. The van der Waals surface area contributed by atoms with Gasteiger partial charge in [-0.3, -0.25) is 0 Å². The summed E-state index contributed by atoms with van der Waals surface area (Å²) in [7, 11) is -3.70. The summed E-state index contributed by atoms with van der Waals surface area (Å²) in [5, 5.41) is 0. The molecule has 3 aromatic rings. The van der Waals surface area contributed by atoms with Gasteiger partial charge in [0, 0.05) is 19.2 Å². The predicted octanol–water partition coefficient (Wildman–Crippen LogP) is 6.32. The fourth-order valence-corrected chi connectivity index (χ4v) is 4.91. The van der Waals surface area contributed by atoms with Gasteiger partial charge >= 0.3 is 5.97 Å². The van der Waals surface area contributed by atoms with E-state index in [0.29, 0.717) is 5.57 Å². The number of hydrogen-bond donors (Lipinski definition) is 0. The first kappa shape index (κ1) is 27.6. The van der Waals surface area contributed by atoms with Crippen LogP contribution in [0.15, 0.2) is 118 Å². The number of nitrogens with zero attached hydrogens (tertiary/aromatic N) is 1. The molecule has 0 atom stereocenters.